The molecule has 3 aliphatic rings. The Morgan fingerprint density at radius 2 is 1.58 bits per heavy atom. The molecule has 0 N–H and O–H groups in total. The Bertz CT molecular complexity index is 1290. The molecule has 0 amide bonds. The van der Waals surface area contributed by atoms with Gasteiger partial charge in [-0.15, -0.1) is 0 Å². The van der Waals surface area contributed by atoms with Crippen molar-refractivity contribution < 1.29 is 0 Å². The van der Waals surface area contributed by atoms with Crippen molar-refractivity contribution >= 4 is 11.5 Å². The van der Waals surface area contributed by atoms with Crippen LogP contribution in [0.3, 0.4) is 0 Å². The third-order valence-corrected chi connectivity index (χ3v) is 5.55. The summed E-state index contributed by atoms with van der Waals surface area (Å²) in [5.74, 6) is 0. The van der Waals surface area contributed by atoms with E-state index in [0.717, 1.165) is 27.2 Å². The Balaban J connectivity index is 1.96. The summed E-state index contributed by atoms with van der Waals surface area (Å²) in [4.78, 5) is 21.2. The fourth-order valence-corrected chi connectivity index (χ4v) is 4.30. The Hall–Kier alpha value is -3.31. The minimum Gasteiger partial charge on any atom is -0.289 e. The highest BCUT2D eigenvalue weighted by Gasteiger charge is 2.15. The van der Waals surface area contributed by atoms with Crippen molar-refractivity contribution in [2.45, 2.75) is 0 Å². The Kier molecular flexibility index (Phi) is 3.40. The highest BCUT2D eigenvalue weighted by atomic mass is 32.1. The highest BCUT2D eigenvalue weighted by molar-refractivity contribution is 7.05. The zero-order chi connectivity index (χ0) is 17.5. The lowest BCUT2D eigenvalue weighted by Crippen LogP contribution is -2.07. The predicted molar refractivity (Wildman–Crippen MR) is 103 cm³/mol. The minimum atomic E-state index is -0.0263. The maximum Gasteiger partial charge on any atom is 0.189 e. The van der Waals surface area contributed by atoms with Crippen molar-refractivity contribution in [3.8, 4) is 28.3 Å². The molecular formula is C21H13N3OS. The molecule has 0 saturated heterocycles. The SMILES string of the molecule is O=c1cc2ncnc-2c2sn(-c3ccccc3)c(-c3ccccc3)cc1=2. The molecule has 0 fully saturated rings. The van der Waals surface area contributed by atoms with Gasteiger partial charge in [0.2, 0.25) is 0 Å². The van der Waals surface area contributed by atoms with Gasteiger partial charge in [-0.3, -0.25) is 8.75 Å². The molecule has 4 nitrogen and oxygen atoms in total. The topological polar surface area (TPSA) is 47.8 Å². The molecule has 0 saturated carbocycles. The lowest BCUT2D eigenvalue weighted by molar-refractivity contribution is 1.17. The first-order valence-corrected chi connectivity index (χ1v) is 9.00. The first-order valence-electron chi connectivity index (χ1n) is 8.23. The second-order valence-electron chi connectivity index (χ2n) is 5.98. The summed E-state index contributed by atoms with van der Waals surface area (Å²) in [7, 11) is 0. The summed E-state index contributed by atoms with van der Waals surface area (Å²) >= 11 is 1.52. The van der Waals surface area contributed by atoms with E-state index in [4.69, 9.17) is 0 Å². The van der Waals surface area contributed by atoms with Gasteiger partial charge in [0.05, 0.1) is 21.6 Å². The molecule has 124 valence electrons. The van der Waals surface area contributed by atoms with Gasteiger partial charge in [-0.25, -0.2) is 9.97 Å². The van der Waals surface area contributed by atoms with Crippen LogP contribution in [0.25, 0.3) is 28.3 Å². The average Bonchev–Trinajstić information content (AvgIpc) is 3.17. The third-order valence-electron chi connectivity index (χ3n) is 4.36. The van der Waals surface area contributed by atoms with E-state index in [0.29, 0.717) is 10.9 Å². The molecule has 5 heteroatoms. The summed E-state index contributed by atoms with van der Waals surface area (Å²) in [6, 6.07) is 23.8. The van der Waals surface area contributed by atoms with Gasteiger partial charge >= 0.3 is 0 Å². The molecule has 2 aliphatic heterocycles. The number of hydrogen-bond acceptors (Lipinski definition) is 4. The molecule has 0 radical (unpaired) electrons. The molecule has 2 heterocycles. The molecule has 26 heavy (non-hydrogen) atoms. The zero-order valence-corrected chi connectivity index (χ0v) is 14.5. The number of para-hydroxylation sites is 1. The van der Waals surface area contributed by atoms with E-state index in [2.05, 4.69) is 38.2 Å². The molecule has 5 rings (SSSR count). The van der Waals surface area contributed by atoms with E-state index < -0.39 is 0 Å². The Labute approximate surface area is 153 Å². The summed E-state index contributed by atoms with van der Waals surface area (Å²) in [6.07, 6.45) is 1.51. The van der Waals surface area contributed by atoms with Gasteiger partial charge in [-0.05, 0) is 23.8 Å². The summed E-state index contributed by atoms with van der Waals surface area (Å²) in [5.41, 5.74) is 4.47. The fourth-order valence-electron chi connectivity index (χ4n) is 3.13. The van der Waals surface area contributed by atoms with Crippen LogP contribution in [-0.4, -0.2) is 13.9 Å². The number of benzene rings is 2. The number of fused-ring (bicyclic) bond motifs is 2. The number of rotatable bonds is 2. The molecule has 0 bridgehead atoms. The highest BCUT2D eigenvalue weighted by Crippen LogP contribution is 2.29. The van der Waals surface area contributed by atoms with Crippen molar-refractivity contribution in [2.75, 3.05) is 0 Å². The second kappa shape index (κ2) is 5.89. The van der Waals surface area contributed by atoms with Crippen LogP contribution in [-0.2, 0) is 0 Å². The first kappa shape index (κ1) is 15.0. The van der Waals surface area contributed by atoms with Gasteiger partial charge in [0.1, 0.15) is 12.0 Å². The van der Waals surface area contributed by atoms with Gasteiger partial charge < -0.3 is 0 Å². The van der Waals surface area contributed by atoms with Crippen molar-refractivity contribution in [3.05, 3.63) is 99.1 Å². The van der Waals surface area contributed by atoms with Crippen LogP contribution in [0.2, 0.25) is 0 Å². The van der Waals surface area contributed by atoms with Crippen LogP contribution in [0.4, 0.5) is 0 Å². The zero-order valence-electron chi connectivity index (χ0n) is 13.7. The Morgan fingerprint density at radius 3 is 2.35 bits per heavy atom. The number of aromatic nitrogens is 3. The molecule has 0 aromatic heterocycles. The quantitative estimate of drug-likeness (QED) is 0.477. The van der Waals surface area contributed by atoms with Crippen LogP contribution in [0.15, 0.2) is 83.9 Å². The van der Waals surface area contributed by atoms with Crippen molar-refractivity contribution in [2.24, 2.45) is 0 Å². The number of nitrogens with zero attached hydrogens (tertiary/aromatic N) is 3. The average molecular weight is 355 g/mol. The maximum atomic E-state index is 12.7. The van der Waals surface area contributed by atoms with E-state index in [1.165, 1.54) is 17.9 Å². The van der Waals surface area contributed by atoms with Gasteiger partial charge in [-0.2, -0.15) is 0 Å². The molecule has 1 aliphatic carbocycles. The van der Waals surface area contributed by atoms with Crippen molar-refractivity contribution in [3.63, 3.8) is 0 Å². The third kappa shape index (κ3) is 2.33. The van der Waals surface area contributed by atoms with E-state index in [-0.39, 0.29) is 5.43 Å². The maximum absolute atomic E-state index is 12.7. The molecule has 2 aromatic carbocycles. The van der Waals surface area contributed by atoms with Crippen LogP contribution < -0.4 is 5.43 Å². The molecule has 0 unspecified atom stereocenters. The number of hydrogen-bond donors (Lipinski definition) is 0. The summed E-state index contributed by atoms with van der Waals surface area (Å²) in [5, 5.41) is 0.675. The smallest absolute Gasteiger partial charge is 0.189 e. The van der Waals surface area contributed by atoms with E-state index in [1.807, 2.05) is 42.5 Å². The monoisotopic (exact) mass is 355 g/mol. The largest absolute Gasteiger partial charge is 0.289 e. The normalized spacial score (nSPS) is 11.2. The standard InChI is InChI=1S/C21H13N3OS/c25-19-12-17-20(23-13-22-17)21-16(19)11-18(14-7-3-1-4-8-14)24(26-21)15-9-5-2-6-10-15/h1-13H. The summed E-state index contributed by atoms with van der Waals surface area (Å²) in [6.45, 7) is 0. The molecule has 0 atom stereocenters. The van der Waals surface area contributed by atoms with Crippen molar-refractivity contribution in [1.82, 2.24) is 13.9 Å². The van der Waals surface area contributed by atoms with Gasteiger partial charge in [0, 0.05) is 11.3 Å². The van der Waals surface area contributed by atoms with Crippen molar-refractivity contribution in [1.29, 1.82) is 0 Å². The predicted octanol–water partition coefficient (Wildman–Crippen LogP) is 4.19. The van der Waals surface area contributed by atoms with Crippen LogP contribution >= 0.6 is 11.5 Å². The van der Waals surface area contributed by atoms with Crippen LogP contribution in [0, 0.1) is 9.75 Å². The Morgan fingerprint density at radius 1 is 0.846 bits per heavy atom. The van der Waals surface area contributed by atoms with Gasteiger partial charge in [0.15, 0.2) is 5.43 Å². The first-order chi connectivity index (χ1) is 12.8. The van der Waals surface area contributed by atoms with E-state index in [9.17, 15) is 4.79 Å². The van der Waals surface area contributed by atoms with E-state index in [1.54, 1.807) is 6.07 Å². The van der Waals surface area contributed by atoms with Gasteiger partial charge in [0.25, 0.3) is 0 Å². The fraction of sp³-hybridized carbons (Fsp3) is 0. The lowest BCUT2D eigenvalue weighted by Gasteiger charge is -2.14. The second-order valence-corrected chi connectivity index (χ2v) is 6.93. The van der Waals surface area contributed by atoms with Gasteiger partial charge in [-0.1, -0.05) is 60.1 Å². The molecule has 2 aromatic rings. The minimum absolute atomic E-state index is 0.0263. The lowest BCUT2D eigenvalue weighted by atomic mass is 10.1. The number of imidazole rings is 1. The van der Waals surface area contributed by atoms with Crippen LogP contribution in [0.1, 0.15) is 0 Å². The molecule has 0 spiro atoms. The summed E-state index contributed by atoms with van der Waals surface area (Å²) < 4.78 is 3.00. The van der Waals surface area contributed by atoms with Crippen LogP contribution in [0.5, 0.6) is 0 Å². The van der Waals surface area contributed by atoms with E-state index >= 15 is 0 Å². The molecular weight excluding hydrogens is 342 g/mol.